The molecule has 5 nitrogen and oxygen atoms in total. The quantitative estimate of drug-likeness (QED) is 0.672. The summed E-state index contributed by atoms with van der Waals surface area (Å²) in [6.07, 6.45) is 4.13. The van der Waals surface area contributed by atoms with Crippen LogP contribution in [0.1, 0.15) is 21.7 Å². The van der Waals surface area contributed by atoms with Crippen molar-refractivity contribution in [2.75, 3.05) is 0 Å². The van der Waals surface area contributed by atoms with Gasteiger partial charge < -0.3 is 4.42 Å². The molecule has 0 atom stereocenters. The van der Waals surface area contributed by atoms with E-state index < -0.39 is 11.8 Å². The zero-order chi connectivity index (χ0) is 15.2. The number of nitrogens with one attached hydrogen (secondary N) is 2. The Balaban J connectivity index is 1.86. The number of carbonyl (C=O) groups is 2. The summed E-state index contributed by atoms with van der Waals surface area (Å²) in [7, 11) is 0. The van der Waals surface area contributed by atoms with Gasteiger partial charge in [0.1, 0.15) is 11.6 Å². The van der Waals surface area contributed by atoms with Crippen molar-refractivity contribution in [3.63, 3.8) is 0 Å². The van der Waals surface area contributed by atoms with Crippen molar-refractivity contribution in [1.29, 1.82) is 0 Å². The van der Waals surface area contributed by atoms with Crippen molar-refractivity contribution < 1.29 is 18.4 Å². The van der Waals surface area contributed by atoms with Crippen LogP contribution < -0.4 is 10.9 Å². The molecule has 0 fully saturated rings. The van der Waals surface area contributed by atoms with E-state index in [1.54, 1.807) is 6.92 Å². The summed E-state index contributed by atoms with van der Waals surface area (Å²) in [5.74, 6) is -0.860. The number of carbonyl (C=O) groups excluding carboxylic acids is 2. The highest BCUT2D eigenvalue weighted by Gasteiger charge is 2.11. The van der Waals surface area contributed by atoms with Gasteiger partial charge in [0.25, 0.3) is 11.8 Å². The Labute approximate surface area is 120 Å². The first-order valence-corrected chi connectivity index (χ1v) is 6.14. The number of hydrogen-bond donors (Lipinski definition) is 2. The molecule has 1 aromatic carbocycles. The van der Waals surface area contributed by atoms with Crippen molar-refractivity contribution in [3.8, 4) is 0 Å². The highest BCUT2D eigenvalue weighted by molar-refractivity contribution is 5.98. The number of halogens is 1. The second-order valence-electron chi connectivity index (χ2n) is 4.22. The predicted octanol–water partition coefficient (Wildman–Crippen LogP) is 2.20. The molecule has 0 aliphatic rings. The standard InChI is InChI=1S/C15H13FN2O3/c1-10-13(8-9-21-10)15(20)18-17-14(19)7-4-11-2-5-12(16)6-3-11/h2-9H,1H3,(H,17,19)(H,18,20). The fraction of sp³-hybridized carbons (Fsp3) is 0.0667. The minimum absolute atomic E-state index is 0.345. The first kappa shape index (κ1) is 14.5. The SMILES string of the molecule is Cc1occc1C(=O)NNC(=O)C=Cc1ccc(F)cc1. The van der Waals surface area contributed by atoms with Gasteiger partial charge >= 0.3 is 0 Å². The fourth-order valence-electron chi connectivity index (χ4n) is 1.59. The van der Waals surface area contributed by atoms with Crippen LogP contribution in [0.3, 0.4) is 0 Å². The maximum Gasteiger partial charge on any atom is 0.273 e. The molecule has 0 saturated heterocycles. The Morgan fingerprint density at radius 3 is 2.48 bits per heavy atom. The minimum atomic E-state index is -0.506. The van der Waals surface area contributed by atoms with E-state index in [-0.39, 0.29) is 5.82 Å². The molecule has 2 amide bonds. The van der Waals surface area contributed by atoms with E-state index in [0.717, 1.165) is 0 Å². The second-order valence-corrected chi connectivity index (χ2v) is 4.22. The smallest absolute Gasteiger partial charge is 0.273 e. The summed E-state index contributed by atoms with van der Waals surface area (Å²) in [6, 6.07) is 7.16. The van der Waals surface area contributed by atoms with E-state index in [4.69, 9.17) is 4.42 Å². The van der Waals surface area contributed by atoms with Crippen molar-refractivity contribution in [3.05, 3.63) is 65.4 Å². The fourth-order valence-corrected chi connectivity index (χ4v) is 1.59. The highest BCUT2D eigenvalue weighted by atomic mass is 19.1. The molecule has 2 rings (SSSR count). The monoisotopic (exact) mass is 288 g/mol. The van der Waals surface area contributed by atoms with Gasteiger partial charge in [0.15, 0.2) is 0 Å². The molecule has 0 saturated carbocycles. The van der Waals surface area contributed by atoms with Crippen LogP contribution in [0.15, 0.2) is 47.1 Å². The summed E-state index contributed by atoms with van der Waals surface area (Å²) < 4.78 is 17.7. The first-order chi connectivity index (χ1) is 10.1. The average molecular weight is 288 g/mol. The molecule has 0 radical (unpaired) electrons. The topological polar surface area (TPSA) is 71.3 Å². The molecule has 21 heavy (non-hydrogen) atoms. The third-order valence-corrected chi connectivity index (χ3v) is 2.70. The van der Waals surface area contributed by atoms with Gasteiger partial charge in [-0.15, -0.1) is 0 Å². The largest absolute Gasteiger partial charge is 0.469 e. The van der Waals surface area contributed by atoms with Crippen LogP contribution in [0.2, 0.25) is 0 Å². The average Bonchev–Trinajstić information content (AvgIpc) is 2.90. The van der Waals surface area contributed by atoms with Gasteiger partial charge in [0, 0.05) is 6.08 Å². The molecule has 0 unspecified atom stereocenters. The van der Waals surface area contributed by atoms with E-state index in [9.17, 15) is 14.0 Å². The zero-order valence-corrected chi connectivity index (χ0v) is 11.2. The highest BCUT2D eigenvalue weighted by Crippen LogP contribution is 2.07. The zero-order valence-electron chi connectivity index (χ0n) is 11.2. The molecular formula is C15H13FN2O3. The third kappa shape index (κ3) is 4.04. The van der Waals surface area contributed by atoms with Gasteiger partial charge in [-0.05, 0) is 36.8 Å². The minimum Gasteiger partial charge on any atom is -0.469 e. The summed E-state index contributed by atoms with van der Waals surface area (Å²) in [4.78, 5) is 23.2. The van der Waals surface area contributed by atoms with Gasteiger partial charge in [-0.25, -0.2) is 4.39 Å². The lowest BCUT2D eigenvalue weighted by Crippen LogP contribution is -2.40. The number of aryl methyl sites for hydroxylation is 1. The number of benzene rings is 1. The van der Waals surface area contributed by atoms with E-state index in [1.165, 1.54) is 48.7 Å². The molecule has 0 spiro atoms. The van der Waals surface area contributed by atoms with E-state index >= 15 is 0 Å². The van der Waals surface area contributed by atoms with Crippen LogP contribution in [-0.4, -0.2) is 11.8 Å². The van der Waals surface area contributed by atoms with Crippen molar-refractivity contribution in [2.45, 2.75) is 6.92 Å². The number of hydrogen-bond acceptors (Lipinski definition) is 3. The maximum atomic E-state index is 12.7. The number of hydrazine groups is 1. The Hall–Kier alpha value is -2.89. The van der Waals surface area contributed by atoms with Crippen LogP contribution in [0.4, 0.5) is 4.39 Å². The summed E-state index contributed by atoms with van der Waals surface area (Å²) >= 11 is 0. The second kappa shape index (κ2) is 6.51. The summed E-state index contributed by atoms with van der Waals surface area (Å²) in [5.41, 5.74) is 5.52. The molecule has 2 N–H and O–H groups in total. The lowest BCUT2D eigenvalue weighted by atomic mass is 10.2. The van der Waals surface area contributed by atoms with Crippen LogP contribution >= 0.6 is 0 Å². The van der Waals surface area contributed by atoms with E-state index in [2.05, 4.69) is 10.9 Å². The third-order valence-electron chi connectivity index (χ3n) is 2.70. The molecule has 108 valence electrons. The van der Waals surface area contributed by atoms with E-state index in [1.807, 2.05) is 0 Å². The van der Waals surface area contributed by atoms with Crippen LogP contribution in [-0.2, 0) is 4.79 Å². The maximum absolute atomic E-state index is 12.7. The van der Waals surface area contributed by atoms with Gasteiger partial charge in [0.2, 0.25) is 0 Å². The molecule has 0 aliphatic heterocycles. The van der Waals surface area contributed by atoms with Crippen molar-refractivity contribution in [1.82, 2.24) is 10.9 Å². The summed E-state index contributed by atoms with van der Waals surface area (Å²) in [5, 5.41) is 0. The molecule has 0 aliphatic carbocycles. The lowest BCUT2D eigenvalue weighted by molar-refractivity contribution is -0.117. The van der Waals surface area contributed by atoms with Crippen molar-refractivity contribution in [2.24, 2.45) is 0 Å². The number of rotatable bonds is 3. The van der Waals surface area contributed by atoms with Crippen LogP contribution in [0, 0.1) is 12.7 Å². The van der Waals surface area contributed by atoms with Gasteiger partial charge in [-0.2, -0.15) is 0 Å². The number of amides is 2. The van der Waals surface area contributed by atoms with Gasteiger partial charge in [-0.1, -0.05) is 12.1 Å². The normalized spacial score (nSPS) is 10.6. The molecule has 1 aromatic heterocycles. The van der Waals surface area contributed by atoms with Crippen LogP contribution in [0.25, 0.3) is 6.08 Å². The Bertz CT molecular complexity index is 674. The van der Waals surface area contributed by atoms with Gasteiger partial charge in [-0.3, -0.25) is 20.4 Å². The van der Waals surface area contributed by atoms with Gasteiger partial charge in [0.05, 0.1) is 11.8 Å². The molecule has 1 heterocycles. The molecule has 0 bridgehead atoms. The molecular weight excluding hydrogens is 275 g/mol. The summed E-state index contributed by atoms with van der Waals surface area (Å²) in [6.45, 7) is 1.64. The predicted molar refractivity (Wildman–Crippen MR) is 74.5 cm³/mol. The van der Waals surface area contributed by atoms with E-state index in [0.29, 0.717) is 16.9 Å². The first-order valence-electron chi connectivity index (χ1n) is 6.14. The Kier molecular flexibility index (Phi) is 4.50. The lowest BCUT2D eigenvalue weighted by Gasteiger charge is -2.04. The molecule has 6 heteroatoms. The van der Waals surface area contributed by atoms with Crippen molar-refractivity contribution >= 4 is 17.9 Å². The Morgan fingerprint density at radius 1 is 1.14 bits per heavy atom. The number of furan rings is 1. The van der Waals surface area contributed by atoms with Crippen LogP contribution in [0.5, 0.6) is 0 Å². The molecule has 2 aromatic rings. The Morgan fingerprint density at radius 2 is 1.86 bits per heavy atom.